The third kappa shape index (κ3) is 3.46. The Balaban J connectivity index is 2.43. The van der Waals surface area contributed by atoms with E-state index in [-0.39, 0.29) is 5.91 Å². The normalized spacial score (nSPS) is 18.3. The van der Waals surface area contributed by atoms with Crippen molar-refractivity contribution >= 4 is 5.91 Å². The maximum Gasteiger partial charge on any atom is 0.240 e. The average molecular weight is 251 g/mol. The van der Waals surface area contributed by atoms with Crippen molar-refractivity contribution in [1.82, 2.24) is 10.2 Å². The van der Waals surface area contributed by atoms with Crippen LogP contribution >= 0.6 is 0 Å². The molecule has 0 aromatic heterocycles. The van der Waals surface area contributed by atoms with Crippen LogP contribution in [0.5, 0.6) is 0 Å². The summed E-state index contributed by atoms with van der Waals surface area (Å²) in [5.41, 5.74) is -0.828. The lowest BCUT2D eigenvalue weighted by Gasteiger charge is -2.30. The Hall–Kier alpha value is -1.08. The number of amides is 1. The molecule has 0 bridgehead atoms. The van der Waals surface area contributed by atoms with Gasteiger partial charge in [0.05, 0.1) is 6.07 Å². The fourth-order valence-electron chi connectivity index (χ4n) is 2.45. The zero-order chi connectivity index (χ0) is 13.6. The standard InChI is InChI=1S/C14H25N3O/c1-4-14(5-2,11-15)13(18)16-10-12-6-8-17(3)9-7-12/h12H,4-10H2,1-3H3,(H,16,18). The van der Waals surface area contributed by atoms with Crippen LogP contribution in [0.25, 0.3) is 0 Å². The van der Waals surface area contributed by atoms with Gasteiger partial charge in [0.1, 0.15) is 5.41 Å². The van der Waals surface area contributed by atoms with Crippen LogP contribution in [0.3, 0.4) is 0 Å². The highest BCUT2D eigenvalue weighted by atomic mass is 16.2. The van der Waals surface area contributed by atoms with Gasteiger partial charge in [0, 0.05) is 6.54 Å². The van der Waals surface area contributed by atoms with E-state index in [4.69, 9.17) is 0 Å². The zero-order valence-electron chi connectivity index (χ0n) is 11.8. The fraction of sp³-hybridized carbons (Fsp3) is 0.857. The number of rotatable bonds is 5. The number of hydrogen-bond donors (Lipinski definition) is 1. The first-order valence-electron chi connectivity index (χ1n) is 6.96. The van der Waals surface area contributed by atoms with Gasteiger partial charge in [-0.25, -0.2) is 0 Å². The number of nitriles is 1. The molecule has 0 atom stereocenters. The second kappa shape index (κ2) is 6.75. The SMILES string of the molecule is CCC(C#N)(CC)C(=O)NCC1CCN(C)CC1. The van der Waals surface area contributed by atoms with Gasteiger partial charge in [0.2, 0.25) is 5.91 Å². The second-order valence-electron chi connectivity index (χ2n) is 5.36. The first kappa shape index (κ1) is 15.0. The van der Waals surface area contributed by atoms with Gasteiger partial charge >= 0.3 is 0 Å². The van der Waals surface area contributed by atoms with Crippen molar-refractivity contribution in [3.8, 4) is 6.07 Å². The van der Waals surface area contributed by atoms with Crippen LogP contribution in [0, 0.1) is 22.7 Å². The van der Waals surface area contributed by atoms with Crippen molar-refractivity contribution in [2.75, 3.05) is 26.7 Å². The predicted octanol–water partition coefficient (Wildman–Crippen LogP) is 1.77. The molecule has 1 N–H and O–H groups in total. The summed E-state index contributed by atoms with van der Waals surface area (Å²) in [5.74, 6) is 0.476. The van der Waals surface area contributed by atoms with Crippen LogP contribution in [0.2, 0.25) is 0 Å². The van der Waals surface area contributed by atoms with Gasteiger partial charge in [-0.15, -0.1) is 0 Å². The monoisotopic (exact) mass is 251 g/mol. The van der Waals surface area contributed by atoms with E-state index in [1.807, 2.05) is 13.8 Å². The molecular formula is C14H25N3O. The van der Waals surface area contributed by atoms with E-state index >= 15 is 0 Å². The van der Waals surface area contributed by atoms with Crippen molar-refractivity contribution in [3.05, 3.63) is 0 Å². The number of carbonyl (C=O) groups is 1. The van der Waals surface area contributed by atoms with Crippen LogP contribution in [0.15, 0.2) is 0 Å². The van der Waals surface area contributed by atoms with Gasteiger partial charge in [-0.3, -0.25) is 4.79 Å². The number of hydrogen-bond acceptors (Lipinski definition) is 3. The Morgan fingerprint density at radius 1 is 1.39 bits per heavy atom. The summed E-state index contributed by atoms with van der Waals surface area (Å²) in [6.07, 6.45) is 3.43. The van der Waals surface area contributed by atoms with E-state index in [0.29, 0.717) is 18.8 Å². The molecule has 0 aromatic carbocycles. The summed E-state index contributed by atoms with van der Waals surface area (Å²) in [7, 11) is 2.13. The molecule has 1 heterocycles. The van der Waals surface area contributed by atoms with Crippen LogP contribution < -0.4 is 5.32 Å². The zero-order valence-corrected chi connectivity index (χ0v) is 11.8. The highest BCUT2D eigenvalue weighted by Crippen LogP contribution is 2.25. The van der Waals surface area contributed by atoms with Crippen LogP contribution in [0.1, 0.15) is 39.5 Å². The molecule has 18 heavy (non-hydrogen) atoms. The maximum atomic E-state index is 12.1. The molecule has 0 spiro atoms. The number of carbonyl (C=O) groups excluding carboxylic acids is 1. The van der Waals surface area contributed by atoms with E-state index in [1.165, 1.54) is 0 Å². The molecule has 1 rings (SSSR count). The Labute approximate surface area is 110 Å². The van der Waals surface area contributed by atoms with Crippen molar-refractivity contribution in [3.63, 3.8) is 0 Å². The molecule has 1 aliphatic heterocycles. The van der Waals surface area contributed by atoms with Crippen molar-refractivity contribution in [2.24, 2.45) is 11.3 Å². The topological polar surface area (TPSA) is 56.1 Å². The first-order chi connectivity index (χ1) is 8.57. The van der Waals surface area contributed by atoms with E-state index in [2.05, 4.69) is 23.3 Å². The van der Waals surface area contributed by atoms with Gasteiger partial charge in [-0.2, -0.15) is 5.26 Å². The van der Waals surface area contributed by atoms with Crippen molar-refractivity contribution < 1.29 is 4.79 Å². The third-order valence-electron chi connectivity index (χ3n) is 4.25. The lowest BCUT2D eigenvalue weighted by molar-refractivity contribution is -0.128. The van der Waals surface area contributed by atoms with Crippen LogP contribution in [-0.4, -0.2) is 37.5 Å². The number of likely N-dealkylation sites (tertiary alicyclic amines) is 1. The summed E-state index contributed by atoms with van der Waals surface area (Å²) < 4.78 is 0. The molecule has 0 aromatic rings. The predicted molar refractivity (Wildman–Crippen MR) is 71.9 cm³/mol. The largest absolute Gasteiger partial charge is 0.354 e. The highest BCUT2D eigenvalue weighted by molar-refractivity contribution is 5.85. The molecule has 102 valence electrons. The lowest BCUT2D eigenvalue weighted by atomic mass is 9.83. The molecule has 0 radical (unpaired) electrons. The molecule has 1 saturated heterocycles. The van der Waals surface area contributed by atoms with E-state index in [0.717, 1.165) is 32.5 Å². The Kier molecular flexibility index (Phi) is 5.61. The van der Waals surface area contributed by atoms with Gasteiger partial charge < -0.3 is 10.2 Å². The maximum absolute atomic E-state index is 12.1. The summed E-state index contributed by atoms with van der Waals surface area (Å²) in [5, 5.41) is 12.2. The molecular weight excluding hydrogens is 226 g/mol. The molecule has 4 heteroatoms. The minimum Gasteiger partial charge on any atom is -0.354 e. The second-order valence-corrected chi connectivity index (χ2v) is 5.36. The Morgan fingerprint density at radius 3 is 2.39 bits per heavy atom. The minimum absolute atomic E-state index is 0.0890. The average Bonchev–Trinajstić information content (AvgIpc) is 2.41. The van der Waals surface area contributed by atoms with E-state index in [9.17, 15) is 10.1 Å². The Bertz CT molecular complexity index is 309. The summed E-state index contributed by atoms with van der Waals surface area (Å²) >= 11 is 0. The van der Waals surface area contributed by atoms with Gasteiger partial charge in [0.15, 0.2) is 0 Å². The minimum atomic E-state index is -0.828. The highest BCUT2D eigenvalue weighted by Gasteiger charge is 2.35. The van der Waals surface area contributed by atoms with Gasteiger partial charge in [-0.1, -0.05) is 13.8 Å². The molecule has 1 fully saturated rings. The number of nitrogens with zero attached hydrogens (tertiary/aromatic N) is 2. The molecule has 1 amide bonds. The molecule has 4 nitrogen and oxygen atoms in total. The summed E-state index contributed by atoms with van der Waals surface area (Å²) in [4.78, 5) is 14.4. The number of nitrogens with one attached hydrogen (secondary N) is 1. The molecule has 0 saturated carbocycles. The summed E-state index contributed by atoms with van der Waals surface area (Å²) in [6, 6.07) is 2.19. The Morgan fingerprint density at radius 2 is 1.94 bits per heavy atom. The third-order valence-corrected chi connectivity index (χ3v) is 4.25. The van der Waals surface area contributed by atoms with Crippen molar-refractivity contribution in [1.29, 1.82) is 5.26 Å². The molecule has 0 unspecified atom stereocenters. The van der Waals surface area contributed by atoms with Crippen LogP contribution in [-0.2, 0) is 4.79 Å². The fourth-order valence-corrected chi connectivity index (χ4v) is 2.45. The smallest absolute Gasteiger partial charge is 0.240 e. The van der Waals surface area contributed by atoms with Gasteiger partial charge in [0.25, 0.3) is 0 Å². The van der Waals surface area contributed by atoms with Crippen molar-refractivity contribution in [2.45, 2.75) is 39.5 Å². The van der Waals surface area contributed by atoms with Gasteiger partial charge in [-0.05, 0) is 51.7 Å². The lowest BCUT2D eigenvalue weighted by Crippen LogP contribution is -2.43. The number of piperidine rings is 1. The van der Waals surface area contributed by atoms with Crippen LogP contribution in [0.4, 0.5) is 0 Å². The molecule has 1 aliphatic rings. The first-order valence-corrected chi connectivity index (χ1v) is 6.96. The quantitative estimate of drug-likeness (QED) is 0.810. The molecule has 0 aliphatic carbocycles. The van der Waals surface area contributed by atoms with E-state index < -0.39 is 5.41 Å². The van der Waals surface area contributed by atoms with E-state index in [1.54, 1.807) is 0 Å². The summed E-state index contributed by atoms with van der Waals surface area (Å²) in [6.45, 7) is 6.73.